The van der Waals surface area contributed by atoms with Crippen LogP contribution < -0.4 is 4.90 Å². The quantitative estimate of drug-likeness (QED) is 0.631. The molecule has 0 radical (unpaired) electrons. The zero-order chi connectivity index (χ0) is 13.9. The van der Waals surface area contributed by atoms with Gasteiger partial charge in [-0.3, -0.25) is 10.1 Å². The highest BCUT2D eigenvalue weighted by molar-refractivity contribution is 5.52. The number of nitrogens with zero attached hydrogens (tertiary/aromatic N) is 2. The van der Waals surface area contributed by atoms with Crippen LogP contribution in [0.2, 0.25) is 0 Å². The van der Waals surface area contributed by atoms with Crippen molar-refractivity contribution in [3.05, 3.63) is 70.3 Å². The van der Waals surface area contributed by atoms with Crippen LogP contribution >= 0.6 is 0 Å². The normalized spacial score (nSPS) is 18.2. The van der Waals surface area contributed by atoms with Crippen LogP contribution in [0.4, 0.5) is 11.4 Å². The van der Waals surface area contributed by atoms with Crippen LogP contribution in [-0.4, -0.2) is 18.0 Å². The summed E-state index contributed by atoms with van der Waals surface area (Å²) in [4.78, 5) is 12.6. The summed E-state index contributed by atoms with van der Waals surface area (Å²) in [5.41, 5.74) is 2.58. The molecule has 2 aromatic carbocycles. The second-order valence-corrected chi connectivity index (χ2v) is 5.12. The average Bonchev–Trinajstić information content (AvgIpc) is 2.98. The Bertz CT molecular complexity index is 596. The number of hydrogen-bond donors (Lipinski definition) is 0. The number of anilines is 1. The number of rotatable bonds is 3. The molecule has 0 N–H and O–H groups in total. The monoisotopic (exact) mass is 268 g/mol. The largest absolute Gasteiger partial charge is 0.371 e. The fraction of sp³-hybridized carbons (Fsp3) is 0.250. The molecule has 1 saturated heterocycles. The number of benzene rings is 2. The molecule has 1 aliphatic rings. The van der Waals surface area contributed by atoms with Crippen molar-refractivity contribution in [2.75, 3.05) is 18.0 Å². The van der Waals surface area contributed by atoms with Gasteiger partial charge in [-0.05, 0) is 24.1 Å². The molecule has 0 amide bonds. The third-order valence-electron chi connectivity index (χ3n) is 3.88. The van der Waals surface area contributed by atoms with E-state index in [1.165, 1.54) is 5.56 Å². The standard InChI is InChI=1S/C16H16N2O2/c19-18(20)16-8-6-15(7-9-16)17-11-10-14(12-17)13-4-2-1-3-5-13/h1-9,14H,10-12H2. The van der Waals surface area contributed by atoms with Gasteiger partial charge in [0.05, 0.1) is 4.92 Å². The van der Waals surface area contributed by atoms with Crippen LogP contribution in [0.3, 0.4) is 0 Å². The van der Waals surface area contributed by atoms with Gasteiger partial charge in [0.15, 0.2) is 0 Å². The molecule has 2 aromatic rings. The summed E-state index contributed by atoms with van der Waals surface area (Å²) in [6.45, 7) is 1.97. The molecule has 0 saturated carbocycles. The van der Waals surface area contributed by atoms with E-state index in [2.05, 4.69) is 29.2 Å². The van der Waals surface area contributed by atoms with E-state index in [0.29, 0.717) is 5.92 Å². The molecule has 4 heteroatoms. The molecule has 1 heterocycles. The lowest BCUT2D eigenvalue weighted by Crippen LogP contribution is -2.18. The van der Waals surface area contributed by atoms with E-state index in [9.17, 15) is 10.1 Å². The molecular weight excluding hydrogens is 252 g/mol. The summed E-state index contributed by atoms with van der Waals surface area (Å²) < 4.78 is 0. The van der Waals surface area contributed by atoms with Crippen molar-refractivity contribution in [3.8, 4) is 0 Å². The lowest BCUT2D eigenvalue weighted by molar-refractivity contribution is -0.384. The maximum atomic E-state index is 10.7. The Hall–Kier alpha value is -2.36. The number of non-ortho nitro benzene ring substituents is 1. The number of nitro groups is 1. The second kappa shape index (κ2) is 5.33. The van der Waals surface area contributed by atoms with Gasteiger partial charge in [-0.15, -0.1) is 0 Å². The fourth-order valence-electron chi connectivity index (χ4n) is 2.78. The highest BCUT2D eigenvalue weighted by atomic mass is 16.6. The Morgan fingerprint density at radius 1 is 1.05 bits per heavy atom. The first-order valence-electron chi connectivity index (χ1n) is 6.78. The van der Waals surface area contributed by atoms with E-state index in [-0.39, 0.29) is 10.6 Å². The van der Waals surface area contributed by atoms with Crippen molar-refractivity contribution in [3.63, 3.8) is 0 Å². The van der Waals surface area contributed by atoms with Crippen molar-refractivity contribution in [1.29, 1.82) is 0 Å². The maximum absolute atomic E-state index is 10.7. The zero-order valence-electron chi connectivity index (χ0n) is 11.1. The summed E-state index contributed by atoms with van der Waals surface area (Å²) in [5.74, 6) is 0.548. The third kappa shape index (κ3) is 2.50. The lowest BCUT2D eigenvalue weighted by atomic mass is 9.99. The second-order valence-electron chi connectivity index (χ2n) is 5.12. The summed E-state index contributed by atoms with van der Waals surface area (Å²) >= 11 is 0. The highest BCUT2D eigenvalue weighted by Gasteiger charge is 2.24. The lowest BCUT2D eigenvalue weighted by Gasteiger charge is -2.18. The number of hydrogen-bond acceptors (Lipinski definition) is 3. The first-order chi connectivity index (χ1) is 9.74. The molecule has 0 aromatic heterocycles. The van der Waals surface area contributed by atoms with Crippen molar-refractivity contribution in [2.45, 2.75) is 12.3 Å². The van der Waals surface area contributed by atoms with E-state index < -0.39 is 0 Å². The Balaban J connectivity index is 1.72. The first-order valence-corrected chi connectivity index (χ1v) is 6.78. The van der Waals surface area contributed by atoms with E-state index >= 15 is 0 Å². The minimum absolute atomic E-state index is 0.146. The van der Waals surface area contributed by atoms with Gasteiger partial charge in [0.25, 0.3) is 5.69 Å². The molecule has 0 aliphatic carbocycles. The molecule has 1 atom stereocenters. The Kier molecular flexibility index (Phi) is 3.37. The van der Waals surface area contributed by atoms with Crippen molar-refractivity contribution < 1.29 is 4.92 Å². The van der Waals surface area contributed by atoms with Crippen LogP contribution in [0.5, 0.6) is 0 Å². The molecule has 1 unspecified atom stereocenters. The highest BCUT2D eigenvalue weighted by Crippen LogP contribution is 2.31. The minimum Gasteiger partial charge on any atom is -0.371 e. The summed E-state index contributed by atoms with van der Waals surface area (Å²) in [5, 5.41) is 10.7. The average molecular weight is 268 g/mol. The van der Waals surface area contributed by atoms with E-state index in [1.807, 2.05) is 18.2 Å². The van der Waals surface area contributed by atoms with Crippen LogP contribution in [0.1, 0.15) is 17.9 Å². The van der Waals surface area contributed by atoms with Gasteiger partial charge in [0, 0.05) is 36.8 Å². The molecule has 20 heavy (non-hydrogen) atoms. The molecule has 102 valence electrons. The van der Waals surface area contributed by atoms with Gasteiger partial charge >= 0.3 is 0 Å². The summed E-state index contributed by atoms with van der Waals surface area (Å²) in [6, 6.07) is 17.3. The van der Waals surface area contributed by atoms with Gasteiger partial charge in [-0.1, -0.05) is 30.3 Å². The van der Waals surface area contributed by atoms with E-state index in [0.717, 1.165) is 25.2 Å². The molecule has 0 bridgehead atoms. The first kappa shape index (κ1) is 12.7. The number of nitro benzene ring substituents is 1. The van der Waals surface area contributed by atoms with Gasteiger partial charge in [0.1, 0.15) is 0 Å². The van der Waals surface area contributed by atoms with Crippen LogP contribution in [0.25, 0.3) is 0 Å². The third-order valence-corrected chi connectivity index (χ3v) is 3.88. The predicted molar refractivity (Wildman–Crippen MR) is 79.1 cm³/mol. The van der Waals surface area contributed by atoms with Gasteiger partial charge in [-0.2, -0.15) is 0 Å². The molecule has 0 spiro atoms. The Labute approximate surface area is 117 Å². The van der Waals surface area contributed by atoms with Gasteiger partial charge in [0.2, 0.25) is 0 Å². The van der Waals surface area contributed by atoms with Gasteiger partial charge in [-0.25, -0.2) is 0 Å². The molecule has 1 fully saturated rings. The molecule has 4 nitrogen and oxygen atoms in total. The van der Waals surface area contributed by atoms with Crippen molar-refractivity contribution in [2.24, 2.45) is 0 Å². The zero-order valence-corrected chi connectivity index (χ0v) is 11.1. The molecular formula is C16H16N2O2. The Morgan fingerprint density at radius 2 is 1.75 bits per heavy atom. The van der Waals surface area contributed by atoms with Crippen molar-refractivity contribution >= 4 is 11.4 Å². The molecule has 1 aliphatic heterocycles. The predicted octanol–water partition coefficient (Wildman–Crippen LogP) is 3.59. The topological polar surface area (TPSA) is 46.4 Å². The SMILES string of the molecule is O=[N+]([O-])c1ccc(N2CCC(c3ccccc3)C2)cc1. The van der Waals surface area contributed by atoms with Crippen molar-refractivity contribution in [1.82, 2.24) is 0 Å². The summed E-state index contributed by atoms with van der Waals surface area (Å²) in [7, 11) is 0. The fourth-order valence-corrected chi connectivity index (χ4v) is 2.78. The smallest absolute Gasteiger partial charge is 0.269 e. The maximum Gasteiger partial charge on any atom is 0.269 e. The summed E-state index contributed by atoms with van der Waals surface area (Å²) in [6.07, 6.45) is 1.13. The van der Waals surface area contributed by atoms with Crippen LogP contribution in [-0.2, 0) is 0 Å². The van der Waals surface area contributed by atoms with E-state index in [4.69, 9.17) is 0 Å². The minimum atomic E-state index is -0.361. The van der Waals surface area contributed by atoms with E-state index in [1.54, 1.807) is 12.1 Å². The molecule has 3 rings (SSSR count). The van der Waals surface area contributed by atoms with Crippen LogP contribution in [0, 0.1) is 10.1 Å². The van der Waals surface area contributed by atoms with Crippen LogP contribution in [0.15, 0.2) is 54.6 Å². The van der Waals surface area contributed by atoms with Gasteiger partial charge < -0.3 is 4.90 Å². The Morgan fingerprint density at radius 3 is 2.40 bits per heavy atom.